The van der Waals surface area contributed by atoms with Gasteiger partial charge in [0.25, 0.3) is 10.0 Å². The average Bonchev–Trinajstić information content (AvgIpc) is 2.34. The van der Waals surface area contributed by atoms with Gasteiger partial charge in [-0.15, -0.1) is 0 Å². The molecule has 0 aliphatic carbocycles. The van der Waals surface area contributed by atoms with Crippen molar-refractivity contribution in [3.8, 4) is 0 Å². The van der Waals surface area contributed by atoms with Gasteiger partial charge in [0.05, 0.1) is 15.6 Å². The van der Waals surface area contributed by atoms with Crippen molar-refractivity contribution >= 4 is 27.3 Å². The van der Waals surface area contributed by atoms with E-state index in [0.29, 0.717) is 16.3 Å². The van der Waals surface area contributed by atoms with Crippen molar-refractivity contribution in [3.63, 3.8) is 0 Å². The monoisotopic (exact) mass is 295 g/mol. The van der Waals surface area contributed by atoms with Crippen LogP contribution in [0.2, 0.25) is 5.02 Å². The van der Waals surface area contributed by atoms with Crippen molar-refractivity contribution in [1.82, 2.24) is 0 Å². The summed E-state index contributed by atoms with van der Waals surface area (Å²) in [4.78, 5) is 0.259. The second-order valence-corrected chi connectivity index (χ2v) is 6.36. The van der Waals surface area contributed by atoms with Gasteiger partial charge < -0.3 is 0 Å². The van der Waals surface area contributed by atoms with E-state index in [1.54, 1.807) is 43.3 Å². The summed E-state index contributed by atoms with van der Waals surface area (Å²) in [5.74, 6) is 0. The maximum absolute atomic E-state index is 12.4. The van der Waals surface area contributed by atoms with Gasteiger partial charge in [-0.1, -0.05) is 41.9 Å². The number of benzene rings is 2. The quantitative estimate of drug-likeness (QED) is 0.937. The molecule has 0 radical (unpaired) electrons. The number of hydrogen-bond acceptors (Lipinski definition) is 2. The molecular weight excluding hydrogens is 282 g/mol. The highest BCUT2D eigenvalue weighted by Crippen LogP contribution is 2.28. The number of nitrogens with one attached hydrogen (secondary N) is 1. The van der Waals surface area contributed by atoms with Crippen LogP contribution in [0.3, 0.4) is 0 Å². The highest BCUT2D eigenvalue weighted by molar-refractivity contribution is 7.92. The molecule has 1 N–H and O–H groups in total. The molecule has 0 aliphatic heterocycles. The largest absolute Gasteiger partial charge is 0.278 e. The topological polar surface area (TPSA) is 46.2 Å². The molecule has 19 heavy (non-hydrogen) atoms. The maximum Gasteiger partial charge on any atom is 0.262 e. The average molecular weight is 296 g/mol. The number of aryl methyl sites for hydroxylation is 2. The molecule has 5 heteroatoms. The molecule has 0 aromatic heterocycles. The standard InChI is InChI=1S/C14H14ClNO2S/c1-10-6-3-4-9-13(10)19(17,18)16-14-11(2)7-5-8-12(14)15/h3-9,16H,1-2H3. The fourth-order valence-corrected chi connectivity index (χ4v) is 3.53. The molecule has 0 aliphatic rings. The van der Waals surface area contributed by atoms with E-state index in [9.17, 15) is 8.42 Å². The SMILES string of the molecule is Cc1ccccc1S(=O)(=O)Nc1c(C)cccc1Cl. The van der Waals surface area contributed by atoms with Crippen molar-refractivity contribution in [1.29, 1.82) is 0 Å². The highest BCUT2D eigenvalue weighted by atomic mass is 35.5. The minimum absolute atomic E-state index is 0.259. The smallest absolute Gasteiger partial charge is 0.262 e. The fraction of sp³-hybridized carbons (Fsp3) is 0.143. The van der Waals surface area contributed by atoms with Gasteiger partial charge >= 0.3 is 0 Å². The molecule has 3 nitrogen and oxygen atoms in total. The predicted molar refractivity (Wildman–Crippen MR) is 78.2 cm³/mol. The minimum atomic E-state index is -3.62. The second kappa shape index (κ2) is 5.23. The molecule has 0 atom stereocenters. The molecule has 0 spiro atoms. The molecule has 0 fully saturated rings. The van der Waals surface area contributed by atoms with Gasteiger partial charge in [0.2, 0.25) is 0 Å². The van der Waals surface area contributed by atoms with E-state index in [0.717, 1.165) is 5.56 Å². The van der Waals surface area contributed by atoms with Gasteiger partial charge in [-0.2, -0.15) is 0 Å². The van der Waals surface area contributed by atoms with Gasteiger partial charge in [-0.25, -0.2) is 8.42 Å². The molecular formula is C14H14ClNO2S. The molecule has 0 heterocycles. The zero-order chi connectivity index (χ0) is 14.0. The Labute approximate surface area is 118 Å². The molecule has 0 unspecified atom stereocenters. The van der Waals surface area contributed by atoms with Crippen molar-refractivity contribution in [3.05, 3.63) is 58.6 Å². The second-order valence-electron chi connectivity index (χ2n) is 4.30. The number of para-hydroxylation sites is 1. The van der Waals surface area contributed by atoms with Crippen LogP contribution in [0.1, 0.15) is 11.1 Å². The van der Waals surface area contributed by atoms with Crippen molar-refractivity contribution in [2.75, 3.05) is 4.72 Å². The summed E-state index contributed by atoms with van der Waals surface area (Å²) in [6, 6.07) is 12.1. The Morgan fingerprint density at radius 3 is 2.21 bits per heavy atom. The predicted octanol–water partition coefficient (Wildman–Crippen LogP) is 3.76. The van der Waals surface area contributed by atoms with Gasteiger partial charge in [-0.3, -0.25) is 4.72 Å². The first-order valence-electron chi connectivity index (χ1n) is 5.75. The number of anilines is 1. The van der Waals surface area contributed by atoms with E-state index < -0.39 is 10.0 Å². The summed E-state index contributed by atoms with van der Waals surface area (Å²) in [5, 5.41) is 0.386. The lowest BCUT2D eigenvalue weighted by molar-refractivity contribution is 0.600. The van der Waals surface area contributed by atoms with Gasteiger partial charge in [0.15, 0.2) is 0 Å². The third-order valence-corrected chi connectivity index (χ3v) is 4.67. The Morgan fingerprint density at radius 2 is 1.58 bits per heavy atom. The maximum atomic E-state index is 12.4. The van der Waals surface area contributed by atoms with Crippen LogP contribution in [-0.4, -0.2) is 8.42 Å². The summed E-state index contributed by atoms with van der Waals surface area (Å²) in [6.45, 7) is 3.57. The van der Waals surface area contributed by atoms with Crippen molar-refractivity contribution in [2.24, 2.45) is 0 Å². The molecule has 2 rings (SSSR count). The zero-order valence-electron chi connectivity index (χ0n) is 10.6. The van der Waals surface area contributed by atoms with E-state index in [1.165, 1.54) is 0 Å². The summed E-state index contributed by atoms with van der Waals surface area (Å²) >= 11 is 6.04. The van der Waals surface area contributed by atoms with E-state index in [4.69, 9.17) is 11.6 Å². The summed E-state index contributed by atoms with van der Waals surface area (Å²) in [6.07, 6.45) is 0. The number of sulfonamides is 1. The van der Waals surface area contributed by atoms with Crippen LogP contribution in [0.25, 0.3) is 0 Å². The first-order valence-corrected chi connectivity index (χ1v) is 7.61. The fourth-order valence-electron chi connectivity index (χ4n) is 1.81. The van der Waals surface area contributed by atoms with Crippen LogP contribution < -0.4 is 4.72 Å². The normalized spacial score (nSPS) is 11.3. The Bertz CT molecular complexity index is 691. The third-order valence-electron chi connectivity index (χ3n) is 2.84. The Morgan fingerprint density at radius 1 is 0.947 bits per heavy atom. The van der Waals surface area contributed by atoms with Crippen LogP contribution in [0.5, 0.6) is 0 Å². The lowest BCUT2D eigenvalue weighted by Crippen LogP contribution is -2.15. The molecule has 0 bridgehead atoms. The number of rotatable bonds is 3. The van der Waals surface area contributed by atoms with E-state index in [2.05, 4.69) is 4.72 Å². The summed E-state index contributed by atoms with van der Waals surface area (Å²) < 4.78 is 27.3. The van der Waals surface area contributed by atoms with Crippen molar-refractivity contribution < 1.29 is 8.42 Å². The first-order chi connectivity index (χ1) is 8.92. The third kappa shape index (κ3) is 2.91. The summed E-state index contributed by atoms with van der Waals surface area (Å²) in [7, 11) is -3.62. The van der Waals surface area contributed by atoms with Crippen LogP contribution in [0.15, 0.2) is 47.4 Å². The van der Waals surface area contributed by atoms with Crippen LogP contribution in [0.4, 0.5) is 5.69 Å². The van der Waals surface area contributed by atoms with Gasteiger partial charge in [0, 0.05) is 0 Å². The first kappa shape index (κ1) is 13.9. The lowest BCUT2D eigenvalue weighted by Gasteiger charge is -2.13. The Balaban J connectivity index is 2.46. The van der Waals surface area contributed by atoms with Gasteiger partial charge in [0.1, 0.15) is 0 Å². The Hall–Kier alpha value is -1.52. The number of halogens is 1. The van der Waals surface area contributed by atoms with E-state index >= 15 is 0 Å². The Kier molecular flexibility index (Phi) is 3.83. The minimum Gasteiger partial charge on any atom is -0.278 e. The molecule has 0 saturated heterocycles. The van der Waals surface area contributed by atoms with E-state index in [1.807, 2.05) is 13.0 Å². The molecule has 0 saturated carbocycles. The van der Waals surface area contributed by atoms with Crippen LogP contribution in [-0.2, 0) is 10.0 Å². The number of hydrogen-bond donors (Lipinski definition) is 1. The van der Waals surface area contributed by atoms with Crippen molar-refractivity contribution in [2.45, 2.75) is 18.7 Å². The molecule has 100 valence electrons. The van der Waals surface area contributed by atoms with Crippen LogP contribution >= 0.6 is 11.6 Å². The molecule has 0 amide bonds. The highest BCUT2D eigenvalue weighted by Gasteiger charge is 2.18. The van der Waals surface area contributed by atoms with Gasteiger partial charge in [-0.05, 0) is 37.1 Å². The molecule has 2 aromatic rings. The lowest BCUT2D eigenvalue weighted by atomic mass is 10.2. The summed E-state index contributed by atoms with van der Waals surface area (Å²) in [5.41, 5.74) is 1.90. The zero-order valence-corrected chi connectivity index (χ0v) is 12.2. The van der Waals surface area contributed by atoms with Crippen LogP contribution in [0, 0.1) is 13.8 Å². The van der Waals surface area contributed by atoms with E-state index in [-0.39, 0.29) is 4.90 Å². The molecule has 2 aromatic carbocycles.